The van der Waals surface area contributed by atoms with E-state index in [0.29, 0.717) is 6.42 Å². The first-order valence-corrected chi connectivity index (χ1v) is 6.73. The van der Waals surface area contributed by atoms with Gasteiger partial charge in [0.1, 0.15) is 0 Å². The van der Waals surface area contributed by atoms with Crippen molar-refractivity contribution < 1.29 is 5.11 Å². The average molecular weight is 258 g/mol. The van der Waals surface area contributed by atoms with E-state index in [1.165, 1.54) is 11.1 Å². The summed E-state index contributed by atoms with van der Waals surface area (Å²) in [5.41, 5.74) is 3.53. The Hall–Kier alpha value is -1.61. The van der Waals surface area contributed by atoms with Gasteiger partial charge in [0.25, 0.3) is 0 Å². The van der Waals surface area contributed by atoms with Crippen molar-refractivity contribution in [2.45, 2.75) is 46.3 Å². The summed E-state index contributed by atoms with van der Waals surface area (Å²) < 4.78 is 1.88. The minimum absolute atomic E-state index is 0.579. The molecule has 1 N–H and O–H groups in total. The summed E-state index contributed by atoms with van der Waals surface area (Å²) in [6.45, 7) is 8.89. The Kier molecular flexibility index (Phi) is 3.76. The van der Waals surface area contributed by atoms with E-state index >= 15 is 0 Å². The topological polar surface area (TPSA) is 38.0 Å². The largest absolute Gasteiger partial charge is 0.385 e. The lowest BCUT2D eigenvalue weighted by Crippen LogP contribution is -2.24. The SMILES string of the molecule is CCn1cc(CC(C)(O)c2cc(C)cc(C)c2)cn1. The summed E-state index contributed by atoms with van der Waals surface area (Å²) in [5.74, 6) is 0. The van der Waals surface area contributed by atoms with Gasteiger partial charge in [0.15, 0.2) is 0 Å². The van der Waals surface area contributed by atoms with Gasteiger partial charge in [-0.2, -0.15) is 5.10 Å². The highest BCUT2D eigenvalue weighted by atomic mass is 16.3. The monoisotopic (exact) mass is 258 g/mol. The van der Waals surface area contributed by atoms with Crippen LogP contribution in [0.15, 0.2) is 30.6 Å². The first kappa shape index (κ1) is 13.8. The molecule has 0 aliphatic carbocycles. The molecule has 1 unspecified atom stereocenters. The van der Waals surface area contributed by atoms with Crippen molar-refractivity contribution in [3.63, 3.8) is 0 Å². The number of hydrogen-bond acceptors (Lipinski definition) is 2. The van der Waals surface area contributed by atoms with Crippen LogP contribution in [0.3, 0.4) is 0 Å². The average Bonchev–Trinajstić information content (AvgIpc) is 2.74. The molecule has 1 aromatic heterocycles. The second-order valence-corrected chi connectivity index (χ2v) is 5.53. The highest BCUT2D eigenvalue weighted by molar-refractivity contribution is 5.33. The Balaban J connectivity index is 2.25. The molecule has 1 heterocycles. The molecular formula is C16H22N2O. The van der Waals surface area contributed by atoms with Gasteiger partial charge in [-0.1, -0.05) is 29.3 Å². The summed E-state index contributed by atoms with van der Waals surface area (Å²) in [6, 6.07) is 6.23. The molecule has 0 saturated heterocycles. The minimum Gasteiger partial charge on any atom is -0.385 e. The van der Waals surface area contributed by atoms with Crippen molar-refractivity contribution in [3.8, 4) is 0 Å². The number of aromatic nitrogens is 2. The number of aliphatic hydroxyl groups is 1. The van der Waals surface area contributed by atoms with E-state index in [2.05, 4.69) is 44.1 Å². The Labute approximate surface area is 114 Å². The van der Waals surface area contributed by atoms with Gasteiger partial charge in [0, 0.05) is 19.2 Å². The molecule has 0 saturated carbocycles. The maximum absolute atomic E-state index is 10.7. The molecule has 0 amide bonds. The molecule has 3 nitrogen and oxygen atoms in total. The molecule has 0 fully saturated rings. The van der Waals surface area contributed by atoms with Crippen LogP contribution in [-0.2, 0) is 18.6 Å². The van der Waals surface area contributed by atoms with Crippen LogP contribution in [0.25, 0.3) is 0 Å². The van der Waals surface area contributed by atoms with Gasteiger partial charge < -0.3 is 5.11 Å². The van der Waals surface area contributed by atoms with Gasteiger partial charge in [-0.05, 0) is 38.8 Å². The number of rotatable bonds is 4. The lowest BCUT2D eigenvalue weighted by Gasteiger charge is -2.24. The molecule has 2 aromatic rings. The standard InChI is InChI=1S/C16H22N2O/c1-5-18-11-14(10-17-18)9-16(4,19)15-7-12(2)6-13(3)8-15/h6-8,10-11,19H,5,9H2,1-4H3. The smallest absolute Gasteiger partial charge is 0.0910 e. The van der Waals surface area contributed by atoms with Gasteiger partial charge in [-0.3, -0.25) is 4.68 Å². The van der Waals surface area contributed by atoms with Crippen LogP contribution in [0.4, 0.5) is 0 Å². The Bertz CT molecular complexity index is 550. The van der Waals surface area contributed by atoms with Crippen LogP contribution in [0.1, 0.15) is 36.1 Å². The van der Waals surface area contributed by atoms with Crippen LogP contribution in [0.2, 0.25) is 0 Å². The molecule has 0 aliphatic heterocycles. The fourth-order valence-electron chi connectivity index (χ4n) is 2.46. The summed E-state index contributed by atoms with van der Waals surface area (Å²) >= 11 is 0. The molecule has 1 aromatic carbocycles. The number of nitrogens with zero attached hydrogens (tertiary/aromatic N) is 2. The summed E-state index contributed by atoms with van der Waals surface area (Å²) in [7, 11) is 0. The zero-order valence-corrected chi connectivity index (χ0v) is 12.1. The lowest BCUT2D eigenvalue weighted by atomic mass is 9.88. The summed E-state index contributed by atoms with van der Waals surface area (Å²) in [4.78, 5) is 0. The van der Waals surface area contributed by atoms with Crippen LogP contribution >= 0.6 is 0 Å². The van der Waals surface area contributed by atoms with Gasteiger partial charge >= 0.3 is 0 Å². The zero-order chi connectivity index (χ0) is 14.0. The molecule has 1 atom stereocenters. The highest BCUT2D eigenvalue weighted by Crippen LogP contribution is 2.26. The van der Waals surface area contributed by atoms with Gasteiger partial charge in [-0.15, -0.1) is 0 Å². The molecule has 0 bridgehead atoms. The highest BCUT2D eigenvalue weighted by Gasteiger charge is 2.24. The Morgan fingerprint density at radius 3 is 2.37 bits per heavy atom. The molecule has 3 heteroatoms. The van der Waals surface area contributed by atoms with Gasteiger partial charge in [-0.25, -0.2) is 0 Å². The second kappa shape index (κ2) is 5.17. The second-order valence-electron chi connectivity index (χ2n) is 5.53. The molecule has 0 spiro atoms. The molecule has 0 radical (unpaired) electrons. The summed E-state index contributed by atoms with van der Waals surface area (Å²) in [5, 5.41) is 15.0. The van der Waals surface area contributed by atoms with Crippen LogP contribution in [0.5, 0.6) is 0 Å². The molecule has 2 rings (SSSR count). The van der Waals surface area contributed by atoms with Crippen LogP contribution in [0, 0.1) is 13.8 Å². The van der Waals surface area contributed by atoms with Crippen molar-refractivity contribution in [2.24, 2.45) is 0 Å². The van der Waals surface area contributed by atoms with Crippen molar-refractivity contribution in [1.29, 1.82) is 0 Å². The maximum Gasteiger partial charge on any atom is 0.0910 e. The third kappa shape index (κ3) is 3.24. The number of aryl methyl sites for hydroxylation is 3. The summed E-state index contributed by atoms with van der Waals surface area (Å²) in [6.07, 6.45) is 4.41. The third-order valence-corrected chi connectivity index (χ3v) is 3.40. The molecule has 19 heavy (non-hydrogen) atoms. The zero-order valence-electron chi connectivity index (χ0n) is 12.1. The lowest BCUT2D eigenvalue weighted by molar-refractivity contribution is 0.0575. The van der Waals surface area contributed by atoms with Crippen molar-refractivity contribution in [2.75, 3.05) is 0 Å². The fourth-order valence-corrected chi connectivity index (χ4v) is 2.46. The third-order valence-electron chi connectivity index (χ3n) is 3.40. The molecule has 102 valence electrons. The number of benzene rings is 1. The van der Waals surface area contributed by atoms with Crippen LogP contribution in [-0.4, -0.2) is 14.9 Å². The van der Waals surface area contributed by atoms with Crippen molar-refractivity contribution >= 4 is 0 Å². The molecule has 0 aliphatic rings. The number of hydrogen-bond donors (Lipinski definition) is 1. The first-order valence-electron chi connectivity index (χ1n) is 6.73. The van der Waals surface area contributed by atoms with Gasteiger partial charge in [0.05, 0.1) is 11.8 Å². The van der Waals surface area contributed by atoms with Crippen molar-refractivity contribution in [3.05, 3.63) is 52.8 Å². The quantitative estimate of drug-likeness (QED) is 0.915. The van der Waals surface area contributed by atoms with E-state index in [-0.39, 0.29) is 0 Å². The first-order chi connectivity index (χ1) is 8.90. The normalized spacial score (nSPS) is 14.4. The van der Waals surface area contributed by atoms with E-state index < -0.39 is 5.60 Å². The maximum atomic E-state index is 10.7. The Morgan fingerprint density at radius 1 is 1.21 bits per heavy atom. The molecular weight excluding hydrogens is 236 g/mol. The predicted molar refractivity (Wildman–Crippen MR) is 77.1 cm³/mol. The van der Waals surface area contributed by atoms with E-state index in [9.17, 15) is 5.11 Å². The van der Waals surface area contributed by atoms with E-state index in [4.69, 9.17) is 0 Å². The van der Waals surface area contributed by atoms with E-state index in [1.54, 1.807) is 0 Å². The van der Waals surface area contributed by atoms with Gasteiger partial charge in [0.2, 0.25) is 0 Å². The fraction of sp³-hybridized carbons (Fsp3) is 0.438. The van der Waals surface area contributed by atoms with Crippen molar-refractivity contribution in [1.82, 2.24) is 9.78 Å². The van der Waals surface area contributed by atoms with E-state index in [1.807, 2.05) is 24.0 Å². The Morgan fingerprint density at radius 2 is 1.84 bits per heavy atom. The van der Waals surface area contributed by atoms with E-state index in [0.717, 1.165) is 17.7 Å². The predicted octanol–water partition coefficient (Wildman–Crippen LogP) is 2.97. The van der Waals surface area contributed by atoms with Crippen LogP contribution < -0.4 is 0 Å². The minimum atomic E-state index is -0.863.